The number of methoxy groups -OCH3 is 1. The topological polar surface area (TPSA) is 49.8 Å². The minimum atomic E-state index is -0.0311. The summed E-state index contributed by atoms with van der Waals surface area (Å²) in [6.07, 6.45) is 0.974. The Morgan fingerprint density at radius 1 is 1.61 bits per heavy atom. The van der Waals surface area contributed by atoms with Gasteiger partial charge in [0.2, 0.25) is 0 Å². The first kappa shape index (κ1) is 13.4. The second-order valence-corrected chi connectivity index (χ2v) is 5.38. The van der Waals surface area contributed by atoms with E-state index in [-0.39, 0.29) is 11.7 Å². The summed E-state index contributed by atoms with van der Waals surface area (Å²) in [5.74, 6) is 0.480. The van der Waals surface area contributed by atoms with E-state index in [1.165, 1.54) is 6.07 Å². The summed E-state index contributed by atoms with van der Waals surface area (Å²) in [5.41, 5.74) is 0.522. The van der Waals surface area contributed by atoms with E-state index >= 15 is 0 Å². The van der Waals surface area contributed by atoms with Crippen LogP contribution in [0.15, 0.2) is 22.7 Å². The maximum Gasteiger partial charge on any atom is 0.253 e. The minimum Gasteiger partial charge on any atom is -0.507 e. The van der Waals surface area contributed by atoms with E-state index in [0.717, 1.165) is 19.5 Å². The van der Waals surface area contributed by atoms with Crippen LogP contribution in [0.3, 0.4) is 0 Å². The number of nitrogens with zero attached hydrogens (tertiary/aromatic N) is 1. The van der Waals surface area contributed by atoms with E-state index in [1.54, 1.807) is 19.2 Å². The molecule has 1 amide bonds. The van der Waals surface area contributed by atoms with E-state index in [2.05, 4.69) is 15.9 Å². The van der Waals surface area contributed by atoms with Crippen molar-refractivity contribution in [2.45, 2.75) is 6.42 Å². The number of amides is 1. The lowest BCUT2D eigenvalue weighted by Crippen LogP contribution is -2.29. The second-order valence-electron chi connectivity index (χ2n) is 4.53. The molecule has 0 bridgehead atoms. The Morgan fingerprint density at radius 2 is 2.39 bits per heavy atom. The van der Waals surface area contributed by atoms with Gasteiger partial charge >= 0.3 is 0 Å². The molecule has 18 heavy (non-hydrogen) atoms. The van der Waals surface area contributed by atoms with Crippen LogP contribution in [0, 0.1) is 5.92 Å². The minimum absolute atomic E-state index is 0.0311. The highest BCUT2D eigenvalue weighted by molar-refractivity contribution is 9.10. The van der Waals surface area contributed by atoms with E-state index in [4.69, 9.17) is 4.74 Å². The number of carbonyl (C=O) groups is 1. The van der Waals surface area contributed by atoms with Crippen LogP contribution in [0.2, 0.25) is 0 Å². The van der Waals surface area contributed by atoms with Gasteiger partial charge in [-0.05, 0) is 40.5 Å². The summed E-state index contributed by atoms with van der Waals surface area (Å²) in [7, 11) is 1.68. The Bertz CT molecular complexity index is 450. The normalized spacial score (nSPS) is 19.2. The van der Waals surface area contributed by atoms with Gasteiger partial charge < -0.3 is 14.7 Å². The summed E-state index contributed by atoms with van der Waals surface area (Å²) >= 11 is 3.20. The maximum atomic E-state index is 12.2. The molecule has 0 aliphatic carbocycles. The van der Waals surface area contributed by atoms with Crippen LogP contribution in [0.4, 0.5) is 0 Å². The van der Waals surface area contributed by atoms with Crippen LogP contribution < -0.4 is 0 Å². The number of hydrogen-bond donors (Lipinski definition) is 1. The number of rotatable bonds is 3. The Labute approximate surface area is 115 Å². The molecule has 5 heteroatoms. The van der Waals surface area contributed by atoms with Gasteiger partial charge in [0, 0.05) is 31.7 Å². The average Bonchev–Trinajstić information content (AvgIpc) is 2.81. The molecule has 0 spiro atoms. The fraction of sp³-hybridized carbons (Fsp3) is 0.462. The molecule has 1 aromatic carbocycles. The lowest BCUT2D eigenvalue weighted by molar-refractivity contribution is 0.0775. The van der Waals surface area contributed by atoms with Gasteiger partial charge in [-0.2, -0.15) is 0 Å². The van der Waals surface area contributed by atoms with Crippen LogP contribution >= 0.6 is 15.9 Å². The fourth-order valence-corrected chi connectivity index (χ4v) is 2.46. The zero-order chi connectivity index (χ0) is 13.1. The van der Waals surface area contributed by atoms with Gasteiger partial charge in [0.05, 0.1) is 11.1 Å². The molecule has 0 radical (unpaired) electrons. The van der Waals surface area contributed by atoms with Crippen LogP contribution in [0.5, 0.6) is 5.75 Å². The molecule has 1 fully saturated rings. The molecule has 1 aliphatic heterocycles. The number of phenolic OH excluding ortho intramolecular Hbond substituents is 1. The Morgan fingerprint density at radius 3 is 3.06 bits per heavy atom. The summed E-state index contributed by atoms with van der Waals surface area (Å²) in [6, 6.07) is 4.90. The lowest BCUT2D eigenvalue weighted by atomic mass is 10.1. The molecule has 0 saturated carbocycles. The number of likely N-dealkylation sites (tertiary alicyclic amines) is 1. The number of halogens is 1. The number of aromatic hydroxyl groups is 1. The first-order chi connectivity index (χ1) is 8.61. The molecule has 1 saturated heterocycles. The molecular weight excluding hydrogens is 298 g/mol. The Hall–Kier alpha value is -1.07. The standard InChI is InChI=1S/C13H16BrNO3/c1-18-8-9-4-5-15(7-9)13(17)10-2-3-11(14)12(16)6-10/h2-3,6,9,16H,4-5,7-8H2,1H3. The Balaban J connectivity index is 2.05. The van der Waals surface area contributed by atoms with Gasteiger partial charge in [0.15, 0.2) is 0 Å². The van der Waals surface area contributed by atoms with Gasteiger partial charge in [-0.1, -0.05) is 0 Å². The number of carbonyl (C=O) groups excluding carboxylic acids is 1. The molecule has 98 valence electrons. The van der Waals surface area contributed by atoms with Gasteiger partial charge in [0.1, 0.15) is 5.75 Å². The van der Waals surface area contributed by atoms with Gasteiger partial charge in [0.25, 0.3) is 5.91 Å². The third kappa shape index (κ3) is 2.84. The molecule has 1 unspecified atom stereocenters. The molecule has 1 aromatic rings. The summed E-state index contributed by atoms with van der Waals surface area (Å²) in [6.45, 7) is 2.17. The van der Waals surface area contributed by atoms with Crippen molar-refractivity contribution in [3.8, 4) is 5.75 Å². The third-order valence-corrected chi connectivity index (χ3v) is 3.84. The average molecular weight is 314 g/mol. The number of ether oxygens (including phenoxy) is 1. The molecule has 1 atom stereocenters. The highest BCUT2D eigenvalue weighted by Gasteiger charge is 2.27. The molecule has 1 heterocycles. The number of hydrogen-bond acceptors (Lipinski definition) is 3. The van der Waals surface area contributed by atoms with E-state index in [1.807, 2.05) is 4.90 Å². The fourth-order valence-electron chi connectivity index (χ4n) is 2.22. The summed E-state index contributed by atoms with van der Waals surface area (Å²) < 4.78 is 5.71. The first-order valence-corrected chi connectivity index (χ1v) is 6.68. The summed E-state index contributed by atoms with van der Waals surface area (Å²) in [4.78, 5) is 14.0. The van der Waals surface area contributed by atoms with Gasteiger partial charge in [-0.25, -0.2) is 0 Å². The number of phenols is 1. The predicted molar refractivity (Wildman–Crippen MR) is 71.7 cm³/mol. The highest BCUT2D eigenvalue weighted by atomic mass is 79.9. The molecule has 2 rings (SSSR count). The second kappa shape index (κ2) is 5.71. The smallest absolute Gasteiger partial charge is 0.253 e. The number of benzene rings is 1. The van der Waals surface area contributed by atoms with Crippen molar-refractivity contribution in [2.75, 3.05) is 26.8 Å². The zero-order valence-corrected chi connectivity index (χ0v) is 11.8. The van der Waals surface area contributed by atoms with Crippen LogP contribution in [-0.4, -0.2) is 42.7 Å². The molecule has 0 aromatic heterocycles. The highest BCUT2D eigenvalue weighted by Crippen LogP contribution is 2.26. The predicted octanol–water partition coefficient (Wildman–Crippen LogP) is 2.26. The van der Waals surface area contributed by atoms with Crippen molar-refractivity contribution in [3.63, 3.8) is 0 Å². The van der Waals surface area contributed by atoms with Crippen molar-refractivity contribution in [1.82, 2.24) is 4.90 Å². The van der Waals surface area contributed by atoms with Crippen molar-refractivity contribution in [2.24, 2.45) is 5.92 Å². The quantitative estimate of drug-likeness (QED) is 0.931. The van der Waals surface area contributed by atoms with Crippen LogP contribution in [0.1, 0.15) is 16.8 Å². The SMILES string of the molecule is COCC1CCN(C(=O)c2ccc(Br)c(O)c2)C1. The van der Waals surface area contributed by atoms with Crippen molar-refractivity contribution < 1.29 is 14.6 Å². The monoisotopic (exact) mass is 313 g/mol. The van der Waals surface area contributed by atoms with Crippen molar-refractivity contribution in [3.05, 3.63) is 28.2 Å². The third-order valence-electron chi connectivity index (χ3n) is 3.17. The van der Waals surface area contributed by atoms with Crippen molar-refractivity contribution in [1.29, 1.82) is 0 Å². The van der Waals surface area contributed by atoms with E-state index in [0.29, 0.717) is 22.6 Å². The van der Waals surface area contributed by atoms with Crippen LogP contribution in [0.25, 0.3) is 0 Å². The molecule has 1 N–H and O–H groups in total. The van der Waals surface area contributed by atoms with Crippen molar-refractivity contribution >= 4 is 21.8 Å². The van der Waals surface area contributed by atoms with E-state index in [9.17, 15) is 9.90 Å². The van der Waals surface area contributed by atoms with Crippen LogP contribution in [-0.2, 0) is 4.74 Å². The van der Waals surface area contributed by atoms with Gasteiger partial charge in [-0.3, -0.25) is 4.79 Å². The largest absolute Gasteiger partial charge is 0.507 e. The molecule has 4 nitrogen and oxygen atoms in total. The Kier molecular flexibility index (Phi) is 4.24. The maximum absolute atomic E-state index is 12.2. The first-order valence-electron chi connectivity index (χ1n) is 5.88. The molecular formula is C13H16BrNO3. The molecule has 1 aliphatic rings. The summed E-state index contributed by atoms with van der Waals surface area (Å²) in [5, 5.41) is 9.59. The van der Waals surface area contributed by atoms with Gasteiger partial charge in [-0.15, -0.1) is 0 Å². The lowest BCUT2D eigenvalue weighted by Gasteiger charge is -2.16. The zero-order valence-electron chi connectivity index (χ0n) is 10.2. The van der Waals surface area contributed by atoms with E-state index < -0.39 is 0 Å².